The second-order valence-electron chi connectivity index (χ2n) is 5.72. The minimum Gasteiger partial charge on any atom is -0.497 e. The van der Waals surface area contributed by atoms with E-state index in [1.54, 1.807) is 30.3 Å². The SMILES string of the molecule is CCOc1ccc(C(NC(=O)CC(=O)O)c2cc(OC)cc(OC)c2)cc1. The van der Waals surface area contributed by atoms with E-state index in [4.69, 9.17) is 19.3 Å². The first-order chi connectivity index (χ1) is 13.0. The fourth-order valence-corrected chi connectivity index (χ4v) is 2.63. The Morgan fingerprint density at radius 2 is 1.56 bits per heavy atom. The van der Waals surface area contributed by atoms with E-state index in [1.165, 1.54) is 14.2 Å². The summed E-state index contributed by atoms with van der Waals surface area (Å²) in [6, 6.07) is 11.9. The van der Waals surface area contributed by atoms with Crippen LogP contribution in [0.25, 0.3) is 0 Å². The lowest BCUT2D eigenvalue weighted by Gasteiger charge is -2.21. The first-order valence-corrected chi connectivity index (χ1v) is 8.43. The molecule has 0 aliphatic carbocycles. The van der Waals surface area contributed by atoms with Crippen molar-refractivity contribution in [3.63, 3.8) is 0 Å². The molecule has 144 valence electrons. The molecule has 7 heteroatoms. The Hall–Kier alpha value is -3.22. The van der Waals surface area contributed by atoms with Crippen LogP contribution in [-0.2, 0) is 9.59 Å². The van der Waals surface area contributed by atoms with Crippen LogP contribution in [0.5, 0.6) is 17.2 Å². The molecule has 0 heterocycles. The number of benzene rings is 2. The van der Waals surface area contributed by atoms with E-state index in [0.717, 1.165) is 5.56 Å². The van der Waals surface area contributed by atoms with Gasteiger partial charge in [0.15, 0.2) is 0 Å². The molecule has 27 heavy (non-hydrogen) atoms. The number of carboxylic acids is 1. The first kappa shape index (κ1) is 20.1. The number of methoxy groups -OCH3 is 2. The average molecular weight is 373 g/mol. The number of carbonyl (C=O) groups is 2. The highest BCUT2D eigenvalue weighted by atomic mass is 16.5. The van der Waals surface area contributed by atoms with E-state index >= 15 is 0 Å². The minimum atomic E-state index is -1.19. The van der Waals surface area contributed by atoms with E-state index in [2.05, 4.69) is 5.32 Å². The normalized spacial score (nSPS) is 11.4. The number of nitrogens with one attached hydrogen (secondary N) is 1. The van der Waals surface area contributed by atoms with Crippen LogP contribution >= 0.6 is 0 Å². The van der Waals surface area contributed by atoms with Gasteiger partial charge in [0.05, 0.1) is 26.9 Å². The first-order valence-electron chi connectivity index (χ1n) is 8.43. The molecule has 0 radical (unpaired) electrons. The van der Waals surface area contributed by atoms with Gasteiger partial charge in [0.25, 0.3) is 0 Å². The lowest BCUT2D eigenvalue weighted by atomic mass is 9.97. The molecule has 0 aromatic heterocycles. The van der Waals surface area contributed by atoms with Gasteiger partial charge >= 0.3 is 5.97 Å². The third-order valence-corrected chi connectivity index (χ3v) is 3.85. The van der Waals surface area contributed by atoms with Crippen LogP contribution in [0.4, 0.5) is 0 Å². The molecule has 0 saturated carbocycles. The summed E-state index contributed by atoms with van der Waals surface area (Å²) in [5, 5.41) is 11.6. The summed E-state index contributed by atoms with van der Waals surface area (Å²) < 4.78 is 16.0. The van der Waals surface area contributed by atoms with Crippen molar-refractivity contribution in [3.8, 4) is 17.2 Å². The van der Waals surface area contributed by atoms with E-state index in [9.17, 15) is 9.59 Å². The third-order valence-electron chi connectivity index (χ3n) is 3.85. The van der Waals surface area contributed by atoms with Crippen molar-refractivity contribution >= 4 is 11.9 Å². The molecular weight excluding hydrogens is 350 g/mol. The quantitative estimate of drug-likeness (QED) is 0.657. The molecule has 0 fully saturated rings. The van der Waals surface area contributed by atoms with Crippen molar-refractivity contribution in [2.75, 3.05) is 20.8 Å². The van der Waals surface area contributed by atoms with Crippen molar-refractivity contribution in [2.24, 2.45) is 0 Å². The Balaban J connectivity index is 2.42. The van der Waals surface area contributed by atoms with Crippen molar-refractivity contribution in [1.82, 2.24) is 5.32 Å². The van der Waals surface area contributed by atoms with E-state index in [-0.39, 0.29) is 0 Å². The van der Waals surface area contributed by atoms with Gasteiger partial charge in [-0.15, -0.1) is 0 Å². The number of rotatable bonds is 9. The van der Waals surface area contributed by atoms with E-state index < -0.39 is 24.3 Å². The molecule has 1 amide bonds. The molecule has 0 saturated heterocycles. The smallest absolute Gasteiger partial charge is 0.312 e. The van der Waals surface area contributed by atoms with Gasteiger partial charge in [-0.3, -0.25) is 9.59 Å². The summed E-state index contributed by atoms with van der Waals surface area (Å²) in [5.41, 5.74) is 1.47. The number of hydrogen-bond donors (Lipinski definition) is 2. The number of carboxylic acid groups (broad SMARTS) is 1. The zero-order valence-corrected chi connectivity index (χ0v) is 15.5. The minimum absolute atomic E-state index is 0.547. The Kier molecular flexibility index (Phi) is 7.05. The Morgan fingerprint density at radius 3 is 2.04 bits per heavy atom. The largest absolute Gasteiger partial charge is 0.497 e. The Morgan fingerprint density at radius 1 is 0.963 bits per heavy atom. The highest BCUT2D eigenvalue weighted by molar-refractivity contribution is 5.93. The summed E-state index contributed by atoms with van der Waals surface area (Å²) >= 11 is 0. The lowest BCUT2D eigenvalue weighted by Crippen LogP contribution is -2.30. The summed E-state index contributed by atoms with van der Waals surface area (Å²) in [5.74, 6) is 0.0463. The summed E-state index contributed by atoms with van der Waals surface area (Å²) in [7, 11) is 3.07. The van der Waals surface area contributed by atoms with Crippen molar-refractivity contribution in [3.05, 3.63) is 53.6 Å². The van der Waals surface area contributed by atoms with Gasteiger partial charge in [0, 0.05) is 6.07 Å². The maximum absolute atomic E-state index is 12.1. The van der Waals surface area contributed by atoms with Gasteiger partial charge in [-0.25, -0.2) is 0 Å². The number of ether oxygens (including phenoxy) is 3. The molecule has 0 spiro atoms. The zero-order valence-electron chi connectivity index (χ0n) is 15.5. The molecule has 2 aromatic rings. The zero-order chi connectivity index (χ0) is 19.8. The topological polar surface area (TPSA) is 94.1 Å². The molecular formula is C20H23NO6. The van der Waals surface area contributed by atoms with Gasteiger partial charge in [-0.1, -0.05) is 12.1 Å². The number of aliphatic carboxylic acids is 1. The van der Waals surface area contributed by atoms with Crippen LogP contribution in [0.3, 0.4) is 0 Å². The van der Waals surface area contributed by atoms with Crippen LogP contribution in [0.2, 0.25) is 0 Å². The summed E-state index contributed by atoms with van der Waals surface area (Å²) in [4.78, 5) is 23.0. The predicted octanol–water partition coefficient (Wildman–Crippen LogP) is 2.78. The molecule has 0 aliphatic heterocycles. The molecule has 2 aromatic carbocycles. The van der Waals surface area contributed by atoms with Crippen LogP contribution in [-0.4, -0.2) is 37.8 Å². The van der Waals surface area contributed by atoms with Crippen LogP contribution in [0.15, 0.2) is 42.5 Å². The van der Waals surface area contributed by atoms with Crippen molar-refractivity contribution < 1.29 is 28.9 Å². The highest BCUT2D eigenvalue weighted by Crippen LogP contribution is 2.31. The molecule has 1 unspecified atom stereocenters. The van der Waals surface area contributed by atoms with Crippen molar-refractivity contribution in [1.29, 1.82) is 0 Å². The summed E-state index contributed by atoms with van der Waals surface area (Å²) in [6.07, 6.45) is -0.616. The van der Waals surface area contributed by atoms with E-state index in [1.807, 2.05) is 19.1 Å². The third kappa shape index (κ3) is 5.64. The number of hydrogen-bond acceptors (Lipinski definition) is 5. The Bertz CT molecular complexity index is 765. The lowest BCUT2D eigenvalue weighted by molar-refractivity contribution is -0.140. The summed E-state index contributed by atoms with van der Waals surface area (Å²) in [6.45, 7) is 2.44. The standard InChI is InChI=1S/C20H23NO6/c1-4-27-15-7-5-13(6-8-15)20(21-18(22)12-19(23)24)14-9-16(25-2)11-17(10-14)26-3/h5-11,20H,4,12H2,1-3H3,(H,21,22)(H,23,24). The molecule has 1 atom stereocenters. The van der Waals surface area contributed by atoms with Crippen LogP contribution in [0.1, 0.15) is 30.5 Å². The average Bonchev–Trinajstić information content (AvgIpc) is 2.66. The van der Waals surface area contributed by atoms with Crippen LogP contribution in [0, 0.1) is 0 Å². The van der Waals surface area contributed by atoms with Gasteiger partial charge in [0.1, 0.15) is 23.7 Å². The Labute approximate surface area is 157 Å². The number of carbonyl (C=O) groups excluding carboxylic acids is 1. The molecule has 0 aliphatic rings. The van der Waals surface area contributed by atoms with Crippen LogP contribution < -0.4 is 19.5 Å². The fraction of sp³-hybridized carbons (Fsp3) is 0.300. The maximum atomic E-state index is 12.1. The monoisotopic (exact) mass is 373 g/mol. The highest BCUT2D eigenvalue weighted by Gasteiger charge is 2.20. The van der Waals surface area contributed by atoms with Gasteiger partial charge in [0.2, 0.25) is 5.91 Å². The van der Waals surface area contributed by atoms with E-state index in [0.29, 0.717) is 29.4 Å². The molecule has 7 nitrogen and oxygen atoms in total. The molecule has 2 rings (SSSR count). The fourth-order valence-electron chi connectivity index (χ4n) is 2.63. The second-order valence-corrected chi connectivity index (χ2v) is 5.72. The van der Waals surface area contributed by atoms with Gasteiger partial charge in [-0.2, -0.15) is 0 Å². The maximum Gasteiger partial charge on any atom is 0.312 e. The predicted molar refractivity (Wildman–Crippen MR) is 99.4 cm³/mol. The molecule has 2 N–H and O–H groups in total. The second kappa shape index (κ2) is 9.47. The number of amides is 1. The van der Waals surface area contributed by atoms with Gasteiger partial charge < -0.3 is 24.6 Å². The van der Waals surface area contributed by atoms with Crippen molar-refractivity contribution in [2.45, 2.75) is 19.4 Å². The molecule has 0 bridgehead atoms. The van der Waals surface area contributed by atoms with Gasteiger partial charge in [-0.05, 0) is 42.3 Å².